The molecule has 87 heavy (non-hydrogen) atoms. The van der Waals surface area contributed by atoms with Crippen LogP contribution in [-0.4, -0.2) is 110 Å². The number of piperidine rings is 1. The second kappa shape index (κ2) is 23.0. The fraction of sp³-hybridized carbons (Fsp3) is 0.562. The smallest absolute Gasteiger partial charge is 0.160 e. The molecular weight excluding hydrogens is 1090 g/mol. The zero-order valence-corrected chi connectivity index (χ0v) is 50.5. The van der Waals surface area contributed by atoms with Crippen LogP contribution in [0.25, 0.3) is 16.8 Å². The van der Waals surface area contributed by atoms with E-state index in [-0.39, 0.29) is 144 Å². The molecule has 4 aromatic rings. The quantitative estimate of drug-likeness (QED) is 0.0447. The molecule has 14 heteroatoms. The molecule has 5 fully saturated rings. The molecule has 7 aliphatic carbocycles. The number of dihydropyridines is 1. The fourth-order valence-electron chi connectivity index (χ4n) is 19.9. The van der Waals surface area contributed by atoms with Gasteiger partial charge in [0, 0.05) is 90.8 Å². The number of ether oxygens (including phenoxy) is 1. The molecule has 4 aliphatic heterocycles. The second-order valence-electron chi connectivity index (χ2n) is 28.1. The van der Waals surface area contributed by atoms with Crippen LogP contribution in [0.1, 0.15) is 161 Å². The first-order valence-corrected chi connectivity index (χ1v) is 32.8. The number of methoxy groups -OCH3 is 1. The first-order valence-electron chi connectivity index (χ1n) is 32.8. The van der Waals surface area contributed by atoms with E-state index in [2.05, 4.69) is 107 Å². The van der Waals surface area contributed by atoms with E-state index < -0.39 is 35.9 Å². The van der Waals surface area contributed by atoms with Crippen molar-refractivity contribution in [2.24, 2.45) is 64.4 Å². The van der Waals surface area contributed by atoms with Gasteiger partial charge < -0.3 is 62.0 Å². The second-order valence-corrected chi connectivity index (χ2v) is 28.1. The number of aromatic amines is 1. The first-order chi connectivity index (χ1) is 42.1. The first kappa shape index (κ1) is 58.5. The lowest BCUT2D eigenvalue weighted by atomic mass is 9.40. The van der Waals surface area contributed by atoms with Crippen molar-refractivity contribution in [2.75, 3.05) is 20.2 Å². The number of aliphatic hydroxyl groups is 5. The number of aryl methyl sites for hydroxylation is 1. The summed E-state index contributed by atoms with van der Waals surface area (Å²) < 4.78 is 5.64. The summed E-state index contributed by atoms with van der Waals surface area (Å²) in [5.74, 6) is 14.8. The summed E-state index contributed by atoms with van der Waals surface area (Å²) in [5.41, 5.74) is 13.0. The molecule has 5 heterocycles. The Morgan fingerprint density at radius 2 is 1.76 bits per heavy atom. The Labute approximate surface area is 511 Å². The molecule has 4 saturated carbocycles. The average molecular weight is 1180 g/mol. The van der Waals surface area contributed by atoms with Crippen LogP contribution >= 0.6 is 0 Å². The third kappa shape index (κ3) is 10.00. The maximum Gasteiger partial charge on any atom is 0.160 e. The summed E-state index contributed by atoms with van der Waals surface area (Å²) in [6, 6.07) is 17.8. The Kier molecular flexibility index (Phi) is 15.5. The van der Waals surface area contributed by atoms with E-state index in [9.17, 15) is 35.4 Å². The minimum Gasteiger partial charge on any atom is -0.504 e. The lowest BCUT2D eigenvalue weighted by molar-refractivity contribution is -0.149. The van der Waals surface area contributed by atoms with Gasteiger partial charge in [-0.05, 0) is 193 Å². The van der Waals surface area contributed by atoms with Gasteiger partial charge in [-0.15, -0.1) is 5.92 Å². The van der Waals surface area contributed by atoms with Crippen LogP contribution in [0.4, 0.5) is 0 Å². The molecule has 12 N–H and O–H groups in total. The van der Waals surface area contributed by atoms with E-state index in [1.165, 1.54) is 18.4 Å². The zero-order chi connectivity index (χ0) is 60.2. The number of fused-ring (bicyclic) bond motifs is 5. The van der Waals surface area contributed by atoms with Crippen molar-refractivity contribution in [3.05, 3.63) is 123 Å². The third-order valence-corrected chi connectivity index (χ3v) is 23.9. The monoisotopic (exact) mass is 1180 g/mol. The molecule has 20 atom stereocenters. The number of nitrogens with two attached hydrogens (primary N) is 1. The highest BCUT2D eigenvalue weighted by molar-refractivity contribution is 5.90. The number of allylic oxidation sites excluding steroid dienone is 3. The number of rotatable bonds is 13. The molecule has 458 valence electrons. The number of nitrogens with one attached hydrogen (secondary N) is 4. The van der Waals surface area contributed by atoms with Gasteiger partial charge in [0.25, 0.3) is 0 Å². The van der Waals surface area contributed by atoms with Gasteiger partial charge in [-0.3, -0.25) is 9.59 Å². The number of aromatic nitrogens is 1. The molecule has 1 aromatic heterocycles. The van der Waals surface area contributed by atoms with Crippen LogP contribution in [0.3, 0.4) is 0 Å². The molecule has 15 rings (SSSR count). The predicted molar refractivity (Wildman–Crippen MR) is 333 cm³/mol. The van der Waals surface area contributed by atoms with Crippen molar-refractivity contribution in [1.82, 2.24) is 20.9 Å². The normalized spacial score (nSPS) is 36.5. The van der Waals surface area contributed by atoms with Crippen molar-refractivity contribution in [3.8, 4) is 35.2 Å². The number of carbonyl (C=O) groups excluding carboxylic acids is 2. The minimum atomic E-state index is -1.50. The van der Waals surface area contributed by atoms with Crippen LogP contribution in [-0.2, 0) is 16.0 Å². The van der Waals surface area contributed by atoms with Crippen LogP contribution in [0, 0.1) is 82.4 Å². The van der Waals surface area contributed by atoms with Gasteiger partial charge in [-0.25, -0.2) is 0 Å². The number of phenolic OH excluding ortho intramolecular Hbond substituents is 1. The number of aliphatic hydroxyl groups excluding tert-OH is 4. The predicted octanol–water partition coefficient (Wildman–Crippen LogP) is 8.22. The largest absolute Gasteiger partial charge is 0.504 e. The lowest BCUT2D eigenvalue weighted by Crippen LogP contribution is -2.70. The molecule has 1 spiro atoms. The van der Waals surface area contributed by atoms with E-state index in [1.54, 1.807) is 12.1 Å². The number of hydrogen-bond acceptors (Lipinski definition) is 13. The van der Waals surface area contributed by atoms with E-state index >= 15 is 4.79 Å². The summed E-state index contributed by atoms with van der Waals surface area (Å²) in [6.07, 6.45) is 10.7. The van der Waals surface area contributed by atoms with Crippen LogP contribution in [0.5, 0.6) is 11.5 Å². The Hall–Kier alpha value is -6.20. The number of ketones is 2. The van der Waals surface area contributed by atoms with Gasteiger partial charge in [0.05, 0.1) is 31.2 Å². The summed E-state index contributed by atoms with van der Waals surface area (Å²) in [6.45, 7) is 5.74. The summed E-state index contributed by atoms with van der Waals surface area (Å²) in [5, 5.41) is 85.0. The molecule has 0 unspecified atom stereocenters. The minimum absolute atomic E-state index is 0.00468. The highest BCUT2D eigenvalue weighted by atomic mass is 16.5. The van der Waals surface area contributed by atoms with Gasteiger partial charge in [-0.1, -0.05) is 85.7 Å². The molecule has 4 bridgehead atoms. The average Bonchev–Trinajstić information content (AvgIpc) is 1.66. The van der Waals surface area contributed by atoms with Gasteiger partial charge >= 0.3 is 0 Å². The summed E-state index contributed by atoms with van der Waals surface area (Å²) in [7, 11) is 1.49. The maximum absolute atomic E-state index is 15.4. The van der Waals surface area contributed by atoms with Gasteiger partial charge in [-0.2, -0.15) is 0 Å². The molecule has 1 saturated heterocycles. The standard InChI is InChI=1S/C73H87N5O9/c1-4-38-35-75-62(74)33-51(38)50(41-15-14-39-9-5-6-10-40(39)27-41)32-57(81)56(80)28-43-22-25-73(60(83)20-17-42-29-59(87-3)58(82)31-49(42)43)26-23-44(30-61(73)84)64-48(19-21-63(85)86)66-53-13-7-11-46-12-8-24-72(46,2)77-37-52(64)68-70(66)69-54(78-53)34-55(79)47-18-16-45-36-76-71(68)65(45)67(47)69/h5-6,9-10,14-16,18,27,29,31,33,36,43-44,46-48,50,52-54,56-57,61,63-64,66-70,75-78,80-82,84-86H,4,8,12-13,17,19-21,23-24,26,28,30,32,34-35,37,74H2,1-3H3/t43-,44+,46-,47+,48+,50-,52-,53+,54+,56-,57+,61-,64+,66-,67+,68-,69-,70-,72+,73-/m1/s1. The molecule has 0 amide bonds. The SMILES string of the molecule is CCC1=C([C@H](C[C@H](O)[C@H](O)C[C@H]2C#C[C@@]3(CC[C@H]([C@@H]4[C@H]5CN[C@@]6(C)CCC[C@H]6C#CC[C@@H]6N[C@H]7CC(=O)[C@@H]8C=Cc9c[nH]c%10c9[C@H]8[C@@H]7[C@@H]([C@H]%105)[C@@H]6[C@H]4CCC(O)O)C[C@H]3O)C(=O)CCc3cc(OC)c(O)cc32)c2ccc3ccccc3c2)C=C(N)NC1. The highest BCUT2D eigenvalue weighted by Gasteiger charge is 2.67. The molecule has 11 aliphatic rings. The topological polar surface area (TPSA) is 243 Å². The van der Waals surface area contributed by atoms with Gasteiger partial charge in [0.2, 0.25) is 0 Å². The third-order valence-electron chi connectivity index (χ3n) is 23.9. The number of benzene rings is 3. The van der Waals surface area contributed by atoms with E-state index in [4.69, 9.17) is 10.5 Å². The van der Waals surface area contributed by atoms with Crippen LogP contribution in [0.15, 0.2) is 89.9 Å². The number of Topliss-reactive ketones (excluding diaryl/α,β-unsaturated/α-hetero) is 2. The van der Waals surface area contributed by atoms with Crippen LogP contribution < -0.4 is 26.4 Å². The maximum atomic E-state index is 15.4. The zero-order valence-electron chi connectivity index (χ0n) is 50.5. The van der Waals surface area contributed by atoms with E-state index in [0.717, 1.165) is 64.3 Å². The number of carbonyl (C=O) groups is 2. The molecule has 0 radical (unpaired) electrons. The molecule has 3 aromatic carbocycles. The fourth-order valence-corrected chi connectivity index (χ4v) is 19.9. The number of H-pyrrole nitrogens is 1. The number of aromatic hydroxyl groups is 1. The van der Waals surface area contributed by atoms with Crippen molar-refractivity contribution < 1.29 is 45.0 Å². The molecular formula is C73H87N5O9. The number of phenols is 1. The Morgan fingerprint density at radius 1 is 0.920 bits per heavy atom. The van der Waals surface area contributed by atoms with E-state index in [1.807, 2.05) is 18.2 Å². The van der Waals surface area contributed by atoms with Crippen molar-refractivity contribution in [3.63, 3.8) is 0 Å². The van der Waals surface area contributed by atoms with Crippen molar-refractivity contribution in [1.29, 1.82) is 0 Å². The summed E-state index contributed by atoms with van der Waals surface area (Å²) in [4.78, 5) is 33.5. The Morgan fingerprint density at radius 3 is 2.56 bits per heavy atom. The van der Waals surface area contributed by atoms with Crippen molar-refractivity contribution in [2.45, 2.75) is 176 Å². The lowest BCUT2D eigenvalue weighted by Gasteiger charge is -2.67. The van der Waals surface area contributed by atoms with Crippen molar-refractivity contribution >= 4 is 28.4 Å². The number of hydrogen-bond donors (Lipinski definition) is 11. The Balaban J connectivity index is 0.825. The van der Waals surface area contributed by atoms with Gasteiger partial charge in [0.15, 0.2) is 23.6 Å². The Bertz CT molecular complexity index is 3600. The molecule has 14 nitrogen and oxygen atoms in total. The van der Waals surface area contributed by atoms with Crippen LogP contribution in [0.2, 0.25) is 0 Å². The highest BCUT2D eigenvalue weighted by Crippen LogP contribution is 2.69. The summed E-state index contributed by atoms with van der Waals surface area (Å²) >= 11 is 0. The van der Waals surface area contributed by atoms with E-state index in [0.29, 0.717) is 63.0 Å². The van der Waals surface area contributed by atoms with Gasteiger partial charge in [0.1, 0.15) is 11.2 Å².